The van der Waals surface area contributed by atoms with Gasteiger partial charge in [0.25, 0.3) is 5.91 Å². The molecule has 0 saturated heterocycles. The molecule has 0 bridgehead atoms. The van der Waals surface area contributed by atoms with Gasteiger partial charge in [0, 0.05) is 41.8 Å². The number of hydrogen-bond acceptors (Lipinski definition) is 4. The van der Waals surface area contributed by atoms with Crippen molar-refractivity contribution in [3.63, 3.8) is 0 Å². The fraction of sp³-hybridized carbons (Fsp3) is 0.290. The molecule has 0 atom stereocenters. The van der Waals surface area contributed by atoms with Crippen molar-refractivity contribution < 1.29 is 23.5 Å². The van der Waals surface area contributed by atoms with Crippen molar-refractivity contribution in [2.24, 2.45) is 0 Å². The topological polar surface area (TPSA) is 74.9 Å². The maximum absolute atomic E-state index is 13.8. The molecule has 0 aliphatic heterocycles. The molecule has 3 aromatic carbocycles. The van der Waals surface area contributed by atoms with Crippen LogP contribution in [-0.4, -0.2) is 59.9 Å². The second-order valence-electron chi connectivity index (χ2n) is 9.79. The summed E-state index contributed by atoms with van der Waals surface area (Å²) < 4.78 is 24.3. The summed E-state index contributed by atoms with van der Waals surface area (Å²) in [4.78, 5) is 33.8. The molecule has 1 heterocycles. The number of benzene rings is 3. The Kier molecular flexibility index (Phi) is 7.81. The van der Waals surface area contributed by atoms with Crippen LogP contribution in [0, 0.1) is 5.82 Å². The Morgan fingerprint density at radius 1 is 0.974 bits per heavy atom. The van der Waals surface area contributed by atoms with Gasteiger partial charge in [-0.1, -0.05) is 24.3 Å². The molecule has 8 heteroatoms. The number of rotatable bonds is 11. The fourth-order valence-corrected chi connectivity index (χ4v) is 4.84. The Morgan fingerprint density at radius 2 is 1.72 bits per heavy atom. The molecule has 0 unspecified atom stereocenters. The smallest absolute Gasteiger partial charge is 0.254 e. The third kappa shape index (κ3) is 6.06. The zero-order valence-electron chi connectivity index (χ0n) is 22.2. The SMILES string of the molecule is COc1ccc(CN(CCc2c[nH]c3ccccc23)C(=O)CN(C(=O)c2ccc(F)cc2)C2CC2)cc1OC. The van der Waals surface area contributed by atoms with E-state index in [0.717, 1.165) is 34.9 Å². The number of nitrogens with one attached hydrogen (secondary N) is 1. The van der Waals surface area contributed by atoms with Gasteiger partial charge in [-0.05, 0) is 72.9 Å². The number of fused-ring (bicyclic) bond motifs is 1. The summed E-state index contributed by atoms with van der Waals surface area (Å²) >= 11 is 0. The molecule has 1 saturated carbocycles. The Labute approximate surface area is 227 Å². The average Bonchev–Trinajstić information content (AvgIpc) is 3.73. The lowest BCUT2D eigenvalue weighted by molar-refractivity contribution is -0.132. The van der Waals surface area contributed by atoms with Gasteiger partial charge in [0.15, 0.2) is 11.5 Å². The lowest BCUT2D eigenvalue weighted by Crippen LogP contribution is -2.44. The summed E-state index contributed by atoms with van der Waals surface area (Å²) in [6.07, 6.45) is 4.34. The number of nitrogens with zero attached hydrogens (tertiary/aromatic N) is 2. The van der Waals surface area contributed by atoms with E-state index in [1.165, 1.54) is 24.3 Å². The molecular weight excluding hydrogens is 497 g/mol. The molecule has 39 heavy (non-hydrogen) atoms. The number of halogens is 1. The highest BCUT2D eigenvalue weighted by Gasteiger charge is 2.35. The summed E-state index contributed by atoms with van der Waals surface area (Å²) in [6, 6.07) is 19.2. The van der Waals surface area contributed by atoms with E-state index < -0.39 is 5.82 Å². The highest BCUT2D eigenvalue weighted by molar-refractivity contribution is 5.97. The van der Waals surface area contributed by atoms with Crippen LogP contribution in [-0.2, 0) is 17.8 Å². The summed E-state index contributed by atoms with van der Waals surface area (Å²) in [5.41, 5.74) is 3.44. The second kappa shape index (κ2) is 11.6. The van der Waals surface area contributed by atoms with E-state index in [1.807, 2.05) is 42.6 Å². The number of carbonyl (C=O) groups is 2. The van der Waals surface area contributed by atoms with Gasteiger partial charge >= 0.3 is 0 Å². The first-order valence-corrected chi connectivity index (χ1v) is 13.1. The van der Waals surface area contributed by atoms with Crippen molar-refractivity contribution in [3.8, 4) is 11.5 Å². The zero-order chi connectivity index (χ0) is 27.4. The first-order valence-electron chi connectivity index (χ1n) is 13.1. The molecule has 1 aliphatic rings. The first kappa shape index (κ1) is 26.3. The molecule has 1 aliphatic carbocycles. The van der Waals surface area contributed by atoms with E-state index in [-0.39, 0.29) is 24.4 Å². The van der Waals surface area contributed by atoms with Crippen LogP contribution < -0.4 is 9.47 Å². The minimum atomic E-state index is -0.404. The molecular formula is C31H32FN3O4. The molecule has 1 aromatic heterocycles. The molecule has 2 amide bonds. The van der Waals surface area contributed by atoms with Gasteiger partial charge in [0.1, 0.15) is 12.4 Å². The highest BCUT2D eigenvalue weighted by Crippen LogP contribution is 2.30. The average molecular weight is 530 g/mol. The fourth-order valence-electron chi connectivity index (χ4n) is 4.84. The maximum Gasteiger partial charge on any atom is 0.254 e. The van der Waals surface area contributed by atoms with Gasteiger partial charge in [-0.3, -0.25) is 9.59 Å². The van der Waals surface area contributed by atoms with Gasteiger partial charge in [-0.2, -0.15) is 0 Å². The molecule has 1 N–H and O–H groups in total. The summed E-state index contributed by atoms with van der Waals surface area (Å²) in [7, 11) is 3.16. The van der Waals surface area contributed by atoms with Gasteiger partial charge in [0.05, 0.1) is 14.2 Å². The van der Waals surface area contributed by atoms with Gasteiger partial charge in [-0.25, -0.2) is 4.39 Å². The Hall–Kier alpha value is -4.33. The minimum Gasteiger partial charge on any atom is -0.493 e. The standard InChI is InChI=1S/C31H32FN3O4/c1-38-28-14-7-21(17-29(28)39-2)19-34(16-15-23-18-33-27-6-4-3-5-26(23)27)30(36)20-35(25-12-13-25)31(37)22-8-10-24(32)11-9-22/h3-11,14,17-18,25,33H,12-13,15-16,19-20H2,1-2H3. The number of para-hydroxylation sites is 1. The number of methoxy groups -OCH3 is 2. The van der Waals surface area contributed by atoms with Crippen molar-refractivity contribution >= 4 is 22.7 Å². The Balaban J connectivity index is 1.38. The van der Waals surface area contributed by atoms with Crippen molar-refractivity contribution in [2.45, 2.75) is 31.8 Å². The van der Waals surface area contributed by atoms with Crippen LogP contribution in [0.3, 0.4) is 0 Å². The van der Waals surface area contributed by atoms with Crippen molar-refractivity contribution in [3.05, 3.63) is 95.4 Å². The predicted octanol–water partition coefficient (Wildman–Crippen LogP) is 5.20. The number of amides is 2. The van der Waals surface area contributed by atoms with Gasteiger partial charge < -0.3 is 24.3 Å². The zero-order valence-corrected chi connectivity index (χ0v) is 22.2. The van der Waals surface area contributed by atoms with Crippen LogP contribution in [0.2, 0.25) is 0 Å². The van der Waals surface area contributed by atoms with Crippen LogP contribution in [0.4, 0.5) is 4.39 Å². The molecule has 4 aromatic rings. The molecule has 202 valence electrons. The van der Waals surface area contributed by atoms with Crippen molar-refractivity contribution in [1.29, 1.82) is 0 Å². The summed E-state index contributed by atoms with van der Waals surface area (Å²) in [5.74, 6) is 0.396. The van der Waals surface area contributed by atoms with E-state index in [9.17, 15) is 14.0 Å². The van der Waals surface area contributed by atoms with E-state index >= 15 is 0 Å². The van der Waals surface area contributed by atoms with Crippen LogP contribution in [0.1, 0.15) is 34.3 Å². The highest BCUT2D eigenvalue weighted by atomic mass is 19.1. The molecule has 0 radical (unpaired) electrons. The largest absolute Gasteiger partial charge is 0.493 e. The lowest BCUT2D eigenvalue weighted by Gasteiger charge is -2.28. The van der Waals surface area contributed by atoms with E-state index in [2.05, 4.69) is 11.1 Å². The summed E-state index contributed by atoms with van der Waals surface area (Å²) in [5, 5.41) is 1.13. The maximum atomic E-state index is 13.8. The number of aromatic amines is 1. The van der Waals surface area contributed by atoms with Crippen molar-refractivity contribution in [1.82, 2.24) is 14.8 Å². The second-order valence-corrected chi connectivity index (χ2v) is 9.79. The predicted molar refractivity (Wildman–Crippen MR) is 147 cm³/mol. The van der Waals surface area contributed by atoms with E-state index in [4.69, 9.17) is 9.47 Å². The quantitative estimate of drug-likeness (QED) is 0.290. The number of carbonyl (C=O) groups excluding carboxylic acids is 2. The summed E-state index contributed by atoms with van der Waals surface area (Å²) in [6.45, 7) is 0.783. The lowest BCUT2D eigenvalue weighted by atomic mass is 10.1. The molecule has 1 fully saturated rings. The first-order chi connectivity index (χ1) is 19.0. The minimum absolute atomic E-state index is 0.0167. The number of aromatic nitrogens is 1. The third-order valence-electron chi connectivity index (χ3n) is 7.15. The normalized spacial score (nSPS) is 12.8. The molecule has 7 nitrogen and oxygen atoms in total. The van der Waals surface area contributed by atoms with E-state index in [0.29, 0.717) is 36.6 Å². The van der Waals surface area contributed by atoms with Crippen LogP contribution in [0.15, 0.2) is 72.9 Å². The van der Waals surface area contributed by atoms with Crippen LogP contribution >= 0.6 is 0 Å². The molecule has 5 rings (SSSR count). The monoisotopic (exact) mass is 529 g/mol. The van der Waals surface area contributed by atoms with Crippen LogP contribution in [0.25, 0.3) is 10.9 Å². The molecule has 0 spiro atoms. The Morgan fingerprint density at radius 3 is 2.44 bits per heavy atom. The number of ether oxygens (including phenoxy) is 2. The van der Waals surface area contributed by atoms with Gasteiger partial charge in [0.2, 0.25) is 5.91 Å². The number of H-pyrrole nitrogens is 1. The van der Waals surface area contributed by atoms with Crippen molar-refractivity contribution in [2.75, 3.05) is 27.3 Å². The Bertz CT molecular complexity index is 1460. The van der Waals surface area contributed by atoms with Gasteiger partial charge in [-0.15, -0.1) is 0 Å². The van der Waals surface area contributed by atoms with E-state index in [1.54, 1.807) is 24.0 Å². The number of hydrogen-bond donors (Lipinski definition) is 1. The van der Waals surface area contributed by atoms with Crippen LogP contribution in [0.5, 0.6) is 11.5 Å². The third-order valence-corrected chi connectivity index (χ3v) is 7.15.